The first kappa shape index (κ1) is 19.1. The van der Waals surface area contributed by atoms with Gasteiger partial charge in [-0.2, -0.15) is 0 Å². The third-order valence-electron chi connectivity index (χ3n) is 6.13. The molecule has 5 nitrogen and oxygen atoms in total. The molecule has 1 aliphatic carbocycles. The van der Waals surface area contributed by atoms with Crippen LogP contribution in [0.4, 0.5) is 0 Å². The molecule has 2 atom stereocenters. The molecule has 0 bridgehead atoms. The Morgan fingerprint density at radius 2 is 2.07 bits per heavy atom. The number of fused-ring (bicyclic) bond motifs is 2. The van der Waals surface area contributed by atoms with Gasteiger partial charge >= 0.3 is 0 Å². The molecule has 0 radical (unpaired) electrons. The molecule has 148 valence electrons. The van der Waals surface area contributed by atoms with Gasteiger partial charge in [-0.3, -0.25) is 4.98 Å². The number of unbranched alkanes of at least 4 members (excludes halogenated alkanes) is 1. The van der Waals surface area contributed by atoms with Gasteiger partial charge in [0.1, 0.15) is 5.82 Å². The minimum absolute atomic E-state index is 0.353. The topological polar surface area (TPSA) is 79.6 Å². The van der Waals surface area contributed by atoms with Crippen molar-refractivity contribution in [3.63, 3.8) is 0 Å². The maximum Gasteiger partial charge on any atom is 0.107 e. The quantitative estimate of drug-likeness (QED) is 0.542. The zero-order valence-electron chi connectivity index (χ0n) is 17.0. The van der Waals surface area contributed by atoms with Gasteiger partial charge in [-0.05, 0) is 87.4 Å². The average molecular weight is 378 g/mol. The normalized spacial score (nSPS) is 19.1. The van der Waals surface area contributed by atoms with Crippen LogP contribution in [-0.2, 0) is 6.42 Å². The molecule has 2 heterocycles. The Morgan fingerprint density at radius 3 is 2.93 bits per heavy atom. The van der Waals surface area contributed by atoms with Crippen molar-refractivity contribution in [2.75, 3.05) is 13.1 Å². The number of benzene rings is 1. The van der Waals surface area contributed by atoms with Crippen molar-refractivity contribution < 1.29 is 0 Å². The van der Waals surface area contributed by atoms with E-state index < -0.39 is 0 Å². The van der Waals surface area contributed by atoms with Crippen molar-refractivity contribution in [1.29, 1.82) is 0 Å². The molecule has 4 rings (SSSR count). The van der Waals surface area contributed by atoms with Gasteiger partial charge in [0.15, 0.2) is 0 Å². The Morgan fingerprint density at radius 1 is 1.18 bits per heavy atom. The number of hydrogen-bond acceptors (Lipinski definition) is 4. The van der Waals surface area contributed by atoms with Gasteiger partial charge in [-0.25, -0.2) is 4.98 Å². The molecule has 4 N–H and O–H groups in total. The molecule has 0 aliphatic heterocycles. The lowest BCUT2D eigenvalue weighted by molar-refractivity contribution is 0.404. The predicted molar refractivity (Wildman–Crippen MR) is 115 cm³/mol. The van der Waals surface area contributed by atoms with Crippen LogP contribution in [0, 0.1) is 13.8 Å². The summed E-state index contributed by atoms with van der Waals surface area (Å²) in [6.07, 6.45) is 7.32. The molecule has 3 aromatic rings. The van der Waals surface area contributed by atoms with E-state index in [1.54, 1.807) is 0 Å². The summed E-state index contributed by atoms with van der Waals surface area (Å²) < 4.78 is 0. The first-order valence-corrected chi connectivity index (χ1v) is 10.5. The number of aryl methyl sites for hydroxylation is 2. The van der Waals surface area contributed by atoms with E-state index in [2.05, 4.69) is 48.4 Å². The number of aromatic nitrogens is 3. The molecule has 0 fully saturated rings. The maximum atomic E-state index is 5.61. The van der Waals surface area contributed by atoms with Crippen molar-refractivity contribution in [3.8, 4) is 0 Å². The molecule has 1 aliphatic rings. The zero-order chi connectivity index (χ0) is 19.5. The molecule has 0 saturated carbocycles. The lowest BCUT2D eigenvalue weighted by atomic mass is 9.81. The Hall–Kier alpha value is -2.24. The highest BCUT2D eigenvalue weighted by Crippen LogP contribution is 2.38. The largest absolute Gasteiger partial charge is 0.342 e. The number of aromatic amines is 1. The van der Waals surface area contributed by atoms with Crippen LogP contribution < -0.4 is 11.1 Å². The first-order chi connectivity index (χ1) is 13.7. The van der Waals surface area contributed by atoms with Gasteiger partial charge in [-0.1, -0.05) is 12.1 Å². The van der Waals surface area contributed by atoms with Crippen LogP contribution in [0.25, 0.3) is 11.0 Å². The first-order valence-electron chi connectivity index (χ1n) is 10.5. The highest BCUT2D eigenvalue weighted by atomic mass is 14.9. The van der Waals surface area contributed by atoms with Crippen LogP contribution in [0.2, 0.25) is 0 Å². The van der Waals surface area contributed by atoms with E-state index in [1.165, 1.54) is 22.4 Å². The molecule has 2 unspecified atom stereocenters. The molecular weight excluding hydrogens is 346 g/mol. The van der Waals surface area contributed by atoms with Crippen molar-refractivity contribution in [3.05, 3.63) is 58.7 Å². The summed E-state index contributed by atoms with van der Waals surface area (Å²) in [6, 6.07) is 8.98. The SMILES string of the molecule is Cc1ccc2[nH]c(CC3CCC(NCCCCN)c4ncccc43)nc2c1C. The molecule has 5 heteroatoms. The van der Waals surface area contributed by atoms with Gasteiger partial charge < -0.3 is 16.0 Å². The Kier molecular flexibility index (Phi) is 5.74. The fraction of sp³-hybridized carbons (Fsp3) is 0.478. The fourth-order valence-electron chi connectivity index (χ4n) is 4.38. The molecular formula is C23H31N5. The summed E-state index contributed by atoms with van der Waals surface area (Å²) in [5.41, 5.74) is 13.0. The second-order valence-electron chi connectivity index (χ2n) is 8.05. The Labute approximate surface area is 167 Å². The van der Waals surface area contributed by atoms with Crippen LogP contribution in [0.3, 0.4) is 0 Å². The molecule has 2 aromatic heterocycles. The second kappa shape index (κ2) is 8.41. The summed E-state index contributed by atoms with van der Waals surface area (Å²) in [4.78, 5) is 13.2. The van der Waals surface area contributed by atoms with E-state index in [0.29, 0.717) is 12.0 Å². The van der Waals surface area contributed by atoms with Gasteiger partial charge in [0.2, 0.25) is 0 Å². The third kappa shape index (κ3) is 3.82. The smallest absolute Gasteiger partial charge is 0.107 e. The Balaban J connectivity index is 1.53. The lowest BCUT2D eigenvalue weighted by Crippen LogP contribution is -2.29. The lowest BCUT2D eigenvalue weighted by Gasteiger charge is -2.31. The van der Waals surface area contributed by atoms with E-state index in [9.17, 15) is 0 Å². The fourth-order valence-corrected chi connectivity index (χ4v) is 4.38. The molecule has 28 heavy (non-hydrogen) atoms. The average Bonchev–Trinajstić information content (AvgIpc) is 3.13. The number of nitrogens with one attached hydrogen (secondary N) is 2. The van der Waals surface area contributed by atoms with Crippen LogP contribution in [-0.4, -0.2) is 28.0 Å². The van der Waals surface area contributed by atoms with Crippen LogP contribution >= 0.6 is 0 Å². The molecule has 0 saturated heterocycles. The van der Waals surface area contributed by atoms with E-state index in [4.69, 9.17) is 15.7 Å². The number of hydrogen-bond donors (Lipinski definition) is 3. The van der Waals surface area contributed by atoms with E-state index >= 15 is 0 Å². The summed E-state index contributed by atoms with van der Waals surface area (Å²) in [6.45, 7) is 6.07. The maximum absolute atomic E-state index is 5.61. The third-order valence-corrected chi connectivity index (χ3v) is 6.13. The van der Waals surface area contributed by atoms with Gasteiger partial charge in [0, 0.05) is 18.7 Å². The predicted octanol–water partition coefficient (Wildman–Crippen LogP) is 4.06. The van der Waals surface area contributed by atoms with Gasteiger partial charge in [-0.15, -0.1) is 0 Å². The molecule has 0 amide bonds. The van der Waals surface area contributed by atoms with Gasteiger partial charge in [0.25, 0.3) is 0 Å². The summed E-state index contributed by atoms with van der Waals surface area (Å²) in [5, 5.41) is 3.69. The van der Waals surface area contributed by atoms with Crippen LogP contribution in [0.15, 0.2) is 30.5 Å². The molecule has 0 spiro atoms. The van der Waals surface area contributed by atoms with Gasteiger partial charge in [0.05, 0.1) is 16.7 Å². The molecule has 1 aromatic carbocycles. The van der Waals surface area contributed by atoms with Crippen molar-refractivity contribution in [2.45, 2.75) is 57.9 Å². The number of nitrogens with two attached hydrogens (primary N) is 1. The standard InChI is InChI=1S/C23H31N5/c1-15-7-9-20-22(16(15)2)28-21(27-20)14-17-8-10-19(25-12-4-3-11-24)23-18(17)6-5-13-26-23/h5-7,9,13,17,19,25H,3-4,8,10-12,14,24H2,1-2H3,(H,27,28). The highest BCUT2D eigenvalue weighted by Gasteiger charge is 2.28. The van der Waals surface area contributed by atoms with Crippen LogP contribution in [0.5, 0.6) is 0 Å². The minimum Gasteiger partial charge on any atom is -0.342 e. The van der Waals surface area contributed by atoms with Crippen molar-refractivity contribution in [1.82, 2.24) is 20.3 Å². The summed E-state index contributed by atoms with van der Waals surface area (Å²) in [7, 11) is 0. The second-order valence-corrected chi connectivity index (χ2v) is 8.05. The zero-order valence-corrected chi connectivity index (χ0v) is 17.0. The minimum atomic E-state index is 0.353. The number of H-pyrrole nitrogens is 1. The Bertz CT molecular complexity index is 945. The van der Waals surface area contributed by atoms with Crippen LogP contribution in [0.1, 0.15) is 65.9 Å². The van der Waals surface area contributed by atoms with Crippen molar-refractivity contribution >= 4 is 11.0 Å². The number of pyridine rings is 1. The van der Waals surface area contributed by atoms with Crippen molar-refractivity contribution in [2.24, 2.45) is 5.73 Å². The number of imidazole rings is 1. The number of rotatable bonds is 7. The highest BCUT2D eigenvalue weighted by molar-refractivity contribution is 5.79. The van der Waals surface area contributed by atoms with E-state index in [-0.39, 0.29) is 0 Å². The summed E-state index contributed by atoms with van der Waals surface area (Å²) >= 11 is 0. The number of nitrogens with zero attached hydrogens (tertiary/aromatic N) is 2. The summed E-state index contributed by atoms with van der Waals surface area (Å²) in [5.74, 6) is 1.55. The monoisotopic (exact) mass is 377 g/mol. The van der Waals surface area contributed by atoms with E-state index in [1.807, 2.05) is 6.20 Å². The van der Waals surface area contributed by atoms with E-state index in [0.717, 1.165) is 62.1 Å².